The minimum absolute atomic E-state index is 0.000475. The Morgan fingerprint density at radius 1 is 0.306 bits per heavy atom. The van der Waals surface area contributed by atoms with E-state index in [1.807, 2.05) is 13.8 Å². The van der Waals surface area contributed by atoms with Crippen LogP contribution >= 0.6 is 0 Å². The first kappa shape index (κ1) is 110. The molecule has 10 N–H and O–H groups in total. The molecular weight excluding hydrogens is 1580 g/mol. The van der Waals surface area contributed by atoms with Gasteiger partial charge in [0.25, 0.3) is 0 Å². The highest BCUT2D eigenvalue weighted by Gasteiger charge is 2.25. The molecule has 4 atom stereocenters. The Morgan fingerprint density at radius 2 is 0.711 bits per heavy atom. The van der Waals surface area contributed by atoms with Crippen molar-refractivity contribution < 1.29 is 140 Å². The Balaban J connectivity index is 0.00000125. The highest BCUT2D eigenvalue weighted by molar-refractivity contribution is 5.89. The molecule has 0 spiro atoms. The van der Waals surface area contributed by atoms with Gasteiger partial charge in [-0.05, 0) is 139 Å². The van der Waals surface area contributed by atoms with Crippen LogP contribution in [0.15, 0.2) is 48.5 Å². The number of ether oxygens (including phenoxy) is 10. The minimum Gasteiger partial charge on any atom is -0.494 e. The van der Waals surface area contributed by atoms with Gasteiger partial charge in [-0.3, -0.25) is 52.7 Å². The molecule has 0 bridgehead atoms. The number of rotatable bonds is 83. The molecule has 34 nitrogen and oxygen atoms in total. The summed E-state index contributed by atoms with van der Waals surface area (Å²) in [4.78, 5) is 166. The molecule has 34 heteroatoms. The molecule has 0 saturated heterocycles. The molecule has 0 heterocycles. The van der Waals surface area contributed by atoms with Gasteiger partial charge in [-0.1, -0.05) is 84.5 Å². The van der Waals surface area contributed by atoms with Crippen LogP contribution in [-0.2, 0) is 95.4 Å². The van der Waals surface area contributed by atoms with E-state index in [1.165, 1.54) is 24.3 Å². The number of carboxylic acids is 5. The van der Waals surface area contributed by atoms with Crippen molar-refractivity contribution in [3.05, 3.63) is 59.7 Å². The molecule has 2 rings (SSSR count). The number of carboxylic acid groups (broad SMARTS) is 5. The van der Waals surface area contributed by atoms with Gasteiger partial charge in [0.2, 0.25) is 23.6 Å². The van der Waals surface area contributed by atoms with E-state index >= 15 is 0 Å². The summed E-state index contributed by atoms with van der Waals surface area (Å²) in [6, 6.07) is 11.2. The van der Waals surface area contributed by atoms with Crippen molar-refractivity contribution in [3.63, 3.8) is 0 Å². The van der Waals surface area contributed by atoms with Gasteiger partial charge in [0.1, 0.15) is 61.3 Å². The number of aromatic carboxylic acids is 2. The van der Waals surface area contributed by atoms with E-state index in [0.717, 1.165) is 83.5 Å². The molecule has 686 valence electrons. The fraction of sp³-hybridized carbons (Fsp3) is 0.701. The number of unbranched alkanes of at least 4 members (excludes halogenated alkanes) is 12. The van der Waals surface area contributed by atoms with Crippen molar-refractivity contribution >= 4 is 82.4 Å². The zero-order valence-electron chi connectivity index (χ0n) is 71.6. The van der Waals surface area contributed by atoms with E-state index in [2.05, 4.69) is 26.6 Å². The summed E-state index contributed by atoms with van der Waals surface area (Å²) in [5, 5.41) is 60.1. The number of benzene rings is 2. The SMILES string of the molecule is CCCNC(=O)COCCOCCCC(=O)COCCOCCNC(=O)CC[C@H](CC(=O)CCCCCCCCOc1ccc(C(=O)O)cc1)C(=O)O.CCC[C@H](NC)C(=O)CC[C@@H](CCCCCC(=O)COCCOCCNC(=O)COCCOCCCC(=O)CC[C@H](NC(=O)CCCCCCCCOc1ccc(C(=O)O)cc1)C(=O)O)C(=O)O. The van der Waals surface area contributed by atoms with E-state index in [0.29, 0.717) is 128 Å². The molecule has 0 aromatic heterocycles. The van der Waals surface area contributed by atoms with Crippen LogP contribution < -0.4 is 36.1 Å². The Kier molecular flexibility index (Phi) is 68.4. The number of hydrogen-bond donors (Lipinski definition) is 10. The van der Waals surface area contributed by atoms with Crippen molar-refractivity contribution in [1.82, 2.24) is 26.6 Å². The minimum atomic E-state index is -1.19. The number of aliphatic carboxylic acids is 3. The fourth-order valence-electron chi connectivity index (χ4n) is 11.9. The smallest absolute Gasteiger partial charge is 0.335 e. The number of carbonyl (C=O) groups excluding carboxylic acids is 9. The lowest BCUT2D eigenvalue weighted by atomic mass is 9.93. The summed E-state index contributed by atoms with van der Waals surface area (Å²) in [5.74, 6) is -6.84. The summed E-state index contributed by atoms with van der Waals surface area (Å²) >= 11 is 0. The second kappa shape index (κ2) is 75.0. The predicted octanol–water partition coefficient (Wildman–Crippen LogP) is 9.33. The van der Waals surface area contributed by atoms with Crippen molar-refractivity contribution in [2.75, 3.05) is 146 Å². The third-order valence-corrected chi connectivity index (χ3v) is 18.9. The van der Waals surface area contributed by atoms with Crippen LogP contribution in [0.5, 0.6) is 11.5 Å². The lowest BCUT2D eigenvalue weighted by molar-refractivity contribution is -0.144. The average molecular weight is 1720 g/mol. The first-order valence-electron chi connectivity index (χ1n) is 43.0. The molecule has 2 aromatic rings. The number of hydrogen-bond acceptors (Lipinski definition) is 25. The lowest BCUT2D eigenvalue weighted by Crippen LogP contribution is -2.41. The lowest BCUT2D eigenvalue weighted by Gasteiger charge is -2.16. The molecule has 0 aliphatic carbocycles. The molecule has 0 saturated carbocycles. The number of nitrogens with one attached hydrogen (secondary N) is 5. The van der Waals surface area contributed by atoms with Crippen molar-refractivity contribution in [2.45, 2.75) is 238 Å². The number of amides is 4. The summed E-state index contributed by atoms with van der Waals surface area (Å²) in [6.07, 6.45) is 18.3. The van der Waals surface area contributed by atoms with Crippen LogP contribution in [0.2, 0.25) is 0 Å². The van der Waals surface area contributed by atoms with Gasteiger partial charge in [-0.15, -0.1) is 0 Å². The van der Waals surface area contributed by atoms with Crippen LogP contribution in [0.1, 0.15) is 246 Å². The highest BCUT2D eigenvalue weighted by atomic mass is 16.5. The molecule has 0 unspecified atom stereocenters. The maximum absolute atomic E-state index is 12.4. The third-order valence-electron chi connectivity index (χ3n) is 18.9. The number of likely N-dealkylation sites (N-methyl/N-ethyl adjacent to an activating group) is 1. The standard InChI is InChI=1S/C49H79N3O16.C38H60N2O13/c1-3-14-42(50-2)44(55)26-21-37(47(58)59)15-9-8-10-16-40(54)35-66-33-32-65-30-27-51-46(57)36-67-34-31-64-28-13-17-39(53)22-25-43(49(62)63)52-45(56)18-11-6-4-5-7-12-29-68-41-23-19-38(20-24-41)48(60)61;1-2-18-39-36(44)29-52-26-23-49-20-9-11-33(42)28-51-25-24-50-22-19-40-35(43)17-14-31(38(47)48)27-32(41)10-7-5-3-4-6-8-21-53-34-15-12-30(13-16-34)37(45)46/h19-20,23-24,37,42-43,50H,3-18,21-22,25-36H2,1-2H3,(H,51,57)(H,52,56)(H,58,59)(H,60,61)(H,62,63);12-13,15-16,31H,2-11,14,17-29H2,1H3,(H,39,44)(H,40,43)(H,45,46)(H,47,48)/t37-,42+,43+;31-/m11/s1. The van der Waals surface area contributed by atoms with Crippen LogP contribution in [0, 0.1) is 11.8 Å². The van der Waals surface area contributed by atoms with Gasteiger partial charge in [0, 0.05) is 90.6 Å². The Morgan fingerprint density at radius 3 is 1.17 bits per heavy atom. The van der Waals surface area contributed by atoms with Crippen LogP contribution in [0.3, 0.4) is 0 Å². The summed E-state index contributed by atoms with van der Waals surface area (Å²) in [6.45, 7) is 9.04. The first-order chi connectivity index (χ1) is 58.4. The monoisotopic (exact) mass is 1720 g/mol. The molecule has 0 aliphatic rings. The van der Waals surface area contributed by atoms with Gasteiger partial charge in [0.15, 0.2) is 11.6 Å². The van der Waals surface area contributed by atoms with Crippen LogP contribution in [0.25, 0.3) is 0 Å². The summed E-state index contributed by atoms with van der Waals surface area (Å²) in [7, 11) is 1.74. The van der Waals surface area contributed by atoms with E-state index in [1.54, 1.807) is 31.3 Å². The normalized spacial score (nSPS) is 12.0. The van der Waals surface area contributed by atoms with E-state index in [9.17, 15) is 82.4 Å². The summed E-state index contributed by atoms with van der Waals surface area (Å²) in [5.41, 5.74) is 0.417. The molecule has 121 heavy (non-hydrogen) atoms. The third kappa shape index (κ3) is 64.7. The molecular formula is C87H139N5O29. The van der Waals surface area contributed by atoms with Gasteiger partial charge < -0.3 is 99.5 Å². The van der Waals surface area contributed by atoms with Crippen molar-refractivity contribution in [2.24, 2.45) is 11.8 Å². The first-order valence-corrected chi connectivity index (χ1v) is 43.0. The van der Waals surface area contributed by atoms with Crippen LogP contribution in [0.4, 0.5) is 0 Å². The topological polar surface area (TPSA) is 493 Å². The predicted molar refractivity (Wildman–Crippen MR) is 447 cm³/mol. The largest absolute Gasteiger partial charge is 0.494 e. The molecule has 2 aromatic carbocycles. The second-order valence-corrected chi connectivity index (χ2v) is 29.2. The van der Waals surface area contributed by atoms with E-state index in [-0.39, 0.29) is 220 Å². The molecule has 0 aliphatic heterocycles. The molecule has 0 radical (unpaired) electrons. The maximum Gasteiger partial charge on any atom is 0.335 e. The highest BCUT2D eigenvalue weighted by Crippen LogP contribution is 2.21. The van der Waals surface area contributed by atoms with E-state index in [4.69, 9.17) is 57.6 Å². The van der Waals surface area contributed by atoms with E-state index < -0.39 is 47.7 Å². The van der Waals surface area contributed by atoms with Gasteiger partial charge >= 0.3 is 29.8 Å². The van der Waals surface area contributed by atoms with Crippen molar-refractivity contribution in [1.29, 1.82) is 0 Å². The van der Waals surface area contributed by atoms with Gasteiger partial charge in [-0.2, -0.15) is 0 Å². The Hall–Kier alpha value is -8.74. The number of carbonyl (C=O) groups is 14. The summed E-state index contributed by atoms with van der Waals surface area (Å²) < 4.78 is 54.1. The average Bonchev–Trinajstić information content (AvgIpc) is 0.967. The molecule has 0 fully saturated rings. The Labute approximate surface area is 712 Å². The quantitative estimate of drug-likeness (QED) is 0.0276. The number of ketones is 5. The maximum atomic E-state index is 12.4. The second-order valence-electron chi connectivity index (χ2n) is 29.2. The van der Waals surface area contributed by atoms with Crippen LogP contribution in [-0.4, -0.2) is 266 Å². The molecule has 4 amide bonds. The fourth-order valence-corrected chi connectivity index (χ4v) is 11.9. The number of Topliss-reactive ketones (excluding diaryl/α,β-unsaturated/α-hetero) is 5. The van der Waals surface area contributed by atoms with Gasteiger partial charge in [-0.25, -0.2) is 14.4 Å². The van der Waals surface area contributed by atoms with Crippen molar-refractivity contribution in [3.8, 4) is 11.5 Å². The zero-order chi connectivity index (χ0) is 89.1. The zero-order valence-corrected chi connectivity index (χ0v) is 71.6. The van der Waals surface area contributed by atoms with Gasteiger partial charge in [0.05, 0.1) is 108 Å². The Bertz CT molecular complexity index is 3210.